The van der Waals surface area contributed by atoms with Crippen LogP contribution in [0.15, 0.2) is 29.2 Å². The molecule has 0 saturated carbocycles. The summed E-state index contributed by atoms with van der Waals surface area (Å²) in [7, 11) is -3.42. The molecule has 0 aromatic heterocycles. The van der Waals surface area contributed by atoms with Crippen molar-refractivity contribution in [2.45, 2.75) is 37.7 Å². The summed E-state index contributed by atoms with van der Waals surface area (Å²) in [4.78, 5) is 12.3. The molecule has 0 amide bonds. The number of esters is 1. The Morgan fingerprint density at radius 3 is 2.62 bits per heavy atom. The van der Waals surface area contributed by atoms with E-state index in [4.69, 9.17) is 4.74 Å². The van der Waals surface area contributed by atoms with Crippen LogP contribution >= 0.6 is 0 Å². The number of rotatable bonds is 3. The molecule has 1 aromatic carbocycles. The molecule has 1 N–H and O–H groups in total. The Balaban J connectivity index is 2.61. The van der Waals surface area contributed by atoms with Gasteiger partial charge in [0.2, 0.25) is 0 Å². The molecule has 0 spiro atoms. The van der Waals surface area contributed by atoms with Crippen LogP contribution in [0.25, 0.3) is 0 Å². The van der Waals surface area contributed by atoms with Crippen molar-refractivity contribution < 1.29 is 23.1 Å². The van der Waals surface area contributed by atoms with E-state index in [-0.39, 0.29) is 29.2 Å². The first kappa shape index (κ1) is 16.0. The Kier molecular flexibility index (Phi) is 3.88. The van der Waals surface area contributed by atoms with E-state index < -0.39 is 26.8 Å². The predicted octanol–water partition coefficient (Wildman–Crippen LogP) is 1.64. The summed E-state index contributed by atoms with van der Waals surface area (Å²) in [6.07, 6.45) is -0.0296. The number of ether oxygens (including phenoxy) is 1. The molecule has 1 aromatic rings. The molecule has 0 bridgehead atoms. The molecule has 0 saturated heterocycles. The van der Waals surface area contributed by atoms with Gasteiger partial charge in [-0.25, -0.2) is 8.42 Å². The number of fused-ring (bicyclic) bond motifs is 1. The average molecular weight is 312 g/mol. The molecule has 6 heteroatoms. The second kappa shape index (κ2) is 5.10. The first-order chi connectivity index (χ1) is 9.67. The Bertz CT molecular complexity index is 662. The predicted molar refractivity (Wildman–Crippen MR) is 77.4 cm³/mol. The molecular weight excluding hydrogens is 292 g/mol. The monoisotopic (exact) mass is 312 g/mol. The quantitative estimate of drug-likeness (QED) is 0.858. The number of hydrogen-bond acceptors (Lipinski definition) is 5. The minimum Gasteiger partial charge on any atom is -0.465 e. The van der Waals surface area contributed by atoms with Gasteiger partial charge in [0.25, 0.3) is 0 Å². The van der Waals surface area contributed by atoms with Gasteiger partial charge in [0.05, 0.1) is 22.7 Å². The first-order valence-electron chi connectivity index (χ1n) is 6.88. The van der Waals surface area contributed by atoms with E-state index in [1.54, 1.807) is 39.0 Å². The Hall–Kier alpha value is -1.40. The standard InChI is InChI=1S/C15H20O5S/c1-4-20-13(16)14(2,3)15(17)9-10-21(18,19)12-8-6-5-7-11(12)15/h5-8,17H,4,9-10H2,1-3H3. The molecule has 1 heterocycles. The largest absolute Gasteiger partial charge is 0.465 e. The van der Waals surface area contributed by atoms with Crippen LogP contribution in [0.2, 0.25) is 0 Å². The zero-order valence-corrected chi connectivity index (χ0v) is 13.2. The fourth-order valence-electron chi connectivity index (χ4n) is 2.74. The van der Waals surface area contributed by atoms with Gasteiger partial charge < -0.3 is 9.84 Å². The van der Waals surface area contributed by atoms with Crippen LogP contribution in [-0.2, 0) is 25.0 Å². The third kappa shape index (κ3) is 2.36. The van der Waals surface area contributed by atoms with Crippen LogP contribution in [0.4, 0.5) is 0 Å². The highest BCUT2D eigenvalue weighted by atomic mass is 32.2. The van der Waals surface area contributed by atoms with Gasteiger partial charge in [-0.3, -0.25) is 4.79 Å². The minimum atomic E-state index is -3.42. The molecule has 21 heavy (non-hydrogen) atoms. The topological polar surface area (TPSA) is 80.7 Å². The molecule has 116 valence electrons. The van der Waals surface area contributed by atoms with Crippen molar-refractivity contribution in [3.8, 4) is 0 Å². The van der Waals surface area contributed by atoms with E-state index in [0.717, 1.165) is 0 Å². The van der Waals surface area contributed by atoms with Crippen molar-refractivity contribution in [3.63, 3.8) is 0 Å². The Morgan fingerprint density at radius 1 is 1.38 bits per heavy atom. The number of carbonyl (C=O) groups excluding carboxylic acids is 1. The molecule has 2 rings (SSSR count). The van der Waals surface area contributed by atoms with Crippen LogP contribution in [-0.4, -0.2) is 31.9 Å². The first-order valence-corrected chi connectivity index (χ1v) is 8.54. The van der Waals surface area contributed by atoms with Gasteiger partial charge in [0, 0.05) is 5.56 Å². The van der Waals surface area contributed by atoms with Gasteiger partial charge >= 0.3 is 5.97 Å². The van der Waals surface area contributed by atoms with Crippen LogP contribution in [0.5, 0.6) is 0 Å². The maximum Gasteiger partial charge on any atom is 0.314 e. The molecule has 1 atom stereocenters. The van der Waals surface area contributed by atoms with Gasteiger partial charge in [-0.1, -0.05) is 18.2 Å². The van der Waals surface area contributed by atoms with E-state index in [0.29, 0.717) is 0 Å². The summed E-state index contributed by atoms with van der Waals surface area (Å²) in [6, 6.07) is 6.30. The lowest BCUT2D eigenvalue weighted by Gasteiger charge is -2.44. The van der Waals surface area contributed by atoms with Crippen molar-refractivity contribution in [1.29, 1.82) is 0 Å². The highest BCUT2D eigenvalue weighted by Gasteiger charge is 2.55. The highest BCUT2D eigenvalue weighted by Crippen LogP contribution is 2.48. The summed E-state index contributed by atoms with van der Waals surface area (Å²) in [5.41, 5.74) is -2.54. The van der Waals surface area contributed by atoms with Gasteiger partial charge in [-0.05, 0) is 33.3 Å². The van der Waals surface area contributed by atoms with E-state index in [9.17, 15) is 18.3 Å². The summed E-state index contributed by atoms with van der Waals surface area (Å²) < 4.78 is 29.4. The second-order valence-electron chi connectivity index (χ2n) is 5.77. The lowest BCUT2D eigenvalue weighted by molar-refractivity contribution is -0.173. The van der Waals surface area contributed by atoms with Crippen LogP contribution in [0, 0.1) is 5.41 Å². The molecule has 0 radical (unpaired) electrons. The zero-order valence-electron chi connectivity index (χ0n) is 12.4. The van der Waals surface area contributed by atoms with Crippen LogP contribution in [0.1, 0.15) is 32.8 Å². The molecular formula is C15H20O5S. The number of sulfone groups is 1. The van der Waals surface area contributed by atoms with Crippen molar-refractivity contribution in [3.05, 3.63) is 29.8 Å². The zero-order chi connectivity index (χ0) is 15.9. The lowest BCUT2D eigenvalue weighted by atomic mass is 9.69. The SMILES string of the molecule is CCOC(=O)C(C)(C)C1(O)CCS(=O)(=O)c2ccccc21. The van der Waals surface area contributed by atoms with E-state index >= 15 is 0 Å². The molecule has 0 aliphatic carbocycles. The fraction of sp³-hybridized carbons (Fsp3) is 0.533. The van der Waals surface area contributed by atoms with Gasteiger partial charge in [-0.15, -0.1) is 0 Å². The maximum absolute atomic E-state index is 12.2. The van der Waals surface area contributed by atoms with E-state index in [1.807, 2.05) is 0 Å². The number of aliphatic hydroxyl groups is 1. The normalized spacial score (nSPS) is 24.2. The summed E-state index contributed by atoms with van der Waals surface area (Å²) in [5, 5.41) is 11.1. The number of carbonyl (C=O) groups is 1. The minimum absolute atomic E-state index is 0.0296. The second-order valence-corrected chi connectivity index (χ2v) is 7.85. The summed E-state index contributed by atoms with van der Waals surface area (Å²) in [5.74, 6) is -0.731. The van der Waals surface area contributed by atoms with Gasteiger partial charge in [-0.2, -0.15) is 0 Å². The van der Waals surface area contributed by atoms with Crippen molar-refractivity contribution in [2.75, 3.05) is 12.4 Å². The third-order valence-corrected chi connectivity index (χ3v) is 5.99. The smallest absolute Gasteiger partial charge is 0.314 e. The lowest BCUT2D eigenvalue weighted by Crippen LogP contribution is -2.51. The third-order valence-electron chi connectivity index (χ3n) is 4.22. The number of hydrogen-bond donors (Lipinski definition) is 1. The van der Waals surface area contributed by atoms with Crippen molar-refractivity contribution in [1.82, 2.24) is 0 Å². The van der Waals surface area contributed by atoms with Crippen molar-refractivity contribution in [2.24, 2.45) is 5.41 Å². The molecule has 1 aliphatic heterocycles. The van der Waals surface area contributed by atoms with Gasteiger partial charge in [0.15, 0.2) is 9.84 Å². The summed E-state index contributed by atoms with van der Waals surface area (Å²) >= 11 is 0. The summed E-state index contributed by atoms with van der Waals surface area (Å²) in [6.45, 7) is 5.06. The average Bonchev–Trinajstić information content (AvgIpc) is 2.44. The van der Waals surface area contributed by atoms with Crippen molar-refractivity contribution >= 4 is 15.8 Å². The maximum atomic E-state index is 12.2. The molecule has 0 fully saturated rings. The van der Waals surface area contributed by atoms with E-state index in [1.165, 1.54) is 6.07 Å². The molecule has 5 nitrogen and oxygen atoms in total. The molecule has 1 aliphatic rings. The van der Waals surface area contributed by atoms with Crippen LogP contribution < -0.4 is 0 Å². The highest BCUT2D eigenvalue weighted by molar-refractivity contribution is 7.91. The Labute approximate surface area is 124 Å². The Morgan fingerprint density at radius 2 is 2.00 bits per heavy atom. The fourth-order valence-corrected chi connectivity index (χ4v) is 4.38. The number of benzene rings is 1. The van der Waals surface area contributed by atoms with Gasteiger partial charge in [0.1, 0.15) is 5.60 Å². The van der Waals surface area contributed by atoms with Crippen LogP contribution in [0.3, 0.4) is 0 Å². The van der Waals surface area contributed by atoms with E-state index in [2.05, 4.69) is 0 Å². The molecule has 1 unspecified atom stereocenters.